The van der Waals surface area contributed by atoms with Crippen molar-refractivity contribution in [2.45, 2.75) is 17.2 Å². The minimum Gasteiger partial charge on any atom is -0.509 e. The summed E-state index contributed by atoms with van der Waals surface area (Å²) in [4.78, 5) is -1.07. The lowest BCUT2D eigenvalue weighted by Crippen LogP contribution is -2.33. The number of aliphatic hydroxyl groups excluding tert-OH is 1. The Morgan fingerprint density at radius 1 is 1.50 bits per heavy atom. The third-order valence-corrected chi connectivity index (χ3v) is 3.57. The van der Waals surface area contributed by atoms with Gasteiger partial charge in [0.2, 0.25) is 0 Å². The van der Waals surface area contributed by atoms with Gasteiger partial charge >= 0.3 is 0 Å². The lowest BCUT2D eigenvalue weighted by Gasteiger charge is -2.29. The van der Waals surface area contributed by atoms with Gasteiger partial charge in [0.05, 0.1) is 15.4 Å². The van der Waals surface area contributed by atoms with Gasteiger partial charge < -0.3 is 5.11 Å². The Kier molecular flexibility index (Phi) is 2.89. The normalized spacial score (nSPS) is 36.8. The maximum atomic E-state index is 9.45. The molecule has 0 fully saturated rings. The predicted molar refractivity (Wildman–Crippen MR) is 53.3 cm³/mol. The Morgan fingerprint density at radius 2 is 2.00 bits per heavy atom. The van der Waals surface area contributed by atoms with Crippen molar-refractivity contribution in [1.29, 1.82) is 0 Å². The van der Waals surface area contributed by atoms with Crippen LogP contribution in [0.25, 0.3) is 0 Å². The Balaban J connectivity index is 3.18. The number of hydrogen-bond acceptors (Lipinski definition) is 1. The fourth-order valence-corrected chi connectivity index (χ4v) is 1.79. The zero-order valence-electron chi connectivity index (χ0n) is 6.11. The molecule has 68 valence electrons. The average molecular weight is 248 g/mol. The van der Waals surface area contributed by atoms with Crippen molar-refractivity contribution >= 4 is 46.4 Å². The predicted octanol–water partition coefficient (Wildman–Crippen LogP) is 3.74. The van der Waals surface area contributed by atoms with Crippen molar-refractivity contribution in [3.05, 3.63) is 21.9 Å². The molecule has 0 amide bonds. The second-order valence-corrected chi connectivity index (χ2v) is 4.70. The number of aliphatic hydroxyl groups is 1. The van der Waals surface area contributed by atoms with Crippen LogP contribution >= 0.6 is 46.4 Å². The number of alkyl halides is 2. The van der Waals surface area contributed by atoms with E-state index in [0.717, 1.165) is 0 Å². The summed E-state index contributed by atoms with van der Waals surface area (Å²) in [6, 6.07) is 0. The van der Waals surface area contributed by atoms with Crippen molar-refractivity contribution in [2.75, 3.05) is 0 Å². The van der Waals surface area contributed by atoms with Crippen LogP contribution in [0.15, 0.2) is 21.9 Å². The molecule has 1 nitrogen and oxygen atoms in total. The highest BCUT2D eigenvalue weighted by molar-refractivity contribution is 6.46. The summed E-state index contributed by atoms with van der Waals surface area (Å²) in [5, 5.41) is 9.18. The zero-order valence-corrected chi connectivity index (χ0v) is 9.14. The van der Waals surface area contributed by atoms with Crippen LogP contribution in [-0.2, 0) is 0 Å². The van der Waals surface area contributed by atoms with E-state index in [1.54, 1.807) is 6.92 Å². The van der Waals surface area contributed by atoms with E-state index in [1.807, 2.05) is 0 Å². The first-order valence-electron chi connectivity index (χ1n) is 3.17. The Hall–Kier alpha value is 0.440. The number of halogens is 4. The summed E-state index contributed by atoms with van der Waals surface area (Å²) < 4.78 is 0. The molecule has 0 saturated heterocycles. The smallest absolute Gasteiger partial charge is 0.135 e. The van der Waals surface area contributed by atoms with E-state index in [9.17, 15) is 5.11 Å². The van der Waals surface area contributed by atoms with Crippen molar-refractivity contribution in [3.63, 3.8) is 0 Å². The molecule has 5 heteroatoms. The molecule has 0 aromatic rings. The van der Waals surface area contributed by atoms with Crippen LogP contribution in [0.3, 0.4) is 0 Å². The largest absolute Gasteiger partial charge is 0.509 e. The van der Waals surface area contributed by atoms with E-state index >= 15 is 0 Å². The van der Waals surface area contributed by atoms with Gasteiger partial charge in [-0.1, -0.05) is 23.2 Å². The Morgan fingerprint density at radius 3 is 2.50 bits per heavy atom. The van der Waals surface area contributed by atoms with Crippen LogP contribution in [-0.4, -0.2) is 15.4 Å². The number of hydrogen-bond donors (Lipinski definition) is 1. The van der Waals surface area contributed by atoms with E-state index in [1.165, 1.54) is 6.08 Å². The summed E-state index contributed by atoms with van der Waals surface area (Å²) in [6.45, 7) is 1.57. The van der Waals surface area contributed by atoms with Gasteiger partial charge in [0.1, 0.15) is 10.6 Å². The van der Waals surface area contributed by atoms with Gasteiger partial charge in [0, 0.05) is 0 Å². The molecule has 12 heavy (non-hydrogen) atoms. The second-order valence-electron chi connectivity index (χ2n) is 2.65. The molecule has 0 radical (unpaired) electrons. The molecule has 0 aromatic heterocycles. The van der Waals surface area contributed by atoms with Crippen LogP contribution in [0.1, 0.15) is 6.92 Å². The summed E-state index contributed by atoms with van der Waals surface area (Å²) >= 11 is 23.0. The highest BCUT2D eigenvalue weighted by Gasteiger charge is 2.39. The molecular formula is C7H6Cl4O. The monoisotopic (exact) mass is 246 g/mol. The molecule has 0 heterocycles. The topological polar surface area (TPSA) is 20.2 Å². The van der Waals surface area contributed by atoms with Crippen LogP contribution in [0.4, 0.5) is 0 Å². The molecule has 1 aliphatic rings. The lowest BCUT2D eigenvalue weighted by atomic mass is 9.99. The molecule has 1 aliphatic carbocycles. The lowest BCUT2D eigenvalue weighted by molar-refractivity contribution is 0.352. The van der Waals surface area contributed by atoms with Crippen LogP contribution in [0, 0.1) is 0 Å². The van der Waals surface area contributed by atoms with Gasteiger partial charge in [-0.3, -0.25) is 0 Å². The molecule has 1 N–H and O–H groups in total. The third-order valence-electron chi connectivity index (χ3n) is 1.69. The van der Waals surface area contributed by atoms with Crippen molar-refractivity contribution in [1.82, 2.24) is 0 Å². The van der Waals surface area contributed by atoms with Gasteiger partial charge in [0.25, 0.3) is 0 Å². The van der Waals surface area contributed by atoms with Gasteiger partial charge in [-0.25, -0.2) is 0 Å². The van der Waals surface area contributed by atoms with Crippen LogP contribution < -0.4 is 0 Å². The maximum Gasteiger partial charge on any atom is 0.135 e. The molecule has 0 saturated carbocycles. The Bertz CT molecular complexity index is 267. The molecule has 0 aliphatic heterocycles. The van der Waals surface area contributed by atoms with Gasteiger partial charge in [-0.15, -0.1) is 23.2 Å². The average Bonchev–Trinajstić information content (AvgIpc) is 1.99. The number of allylic oxidation sites excluding steroid dienone is 4. The van der Waals surface area contributed by atoms with E-state index in [4.69, 9.17) is 46.4 Å². The minimum atomic E-state index is -1.07. The first kappa shape index (κ1) is 10.5. The molecule has 0 spiro atoms. The maximum absolute atomic E-state index is 9.45. The van der Waals surface area contributed by atoms with Crippen molar-refractivity contribution in [3.8, 4) is 0 Å². The Labute approximate surface area is 90.6 Å². The van der Waals surface area contributed by atoms with Crippen molar-refractivity contribution < 1.29 is 5.11 Å². The highest BCUT2D eigenvalue weighted by Crippen LogP contribution is 2.41. The summed E-state index contributed by atoms with van der Waals surface area (Å²) in [6.07, 6.45) is 1.50. The standard InChI is InChI=1S/C7H6Cl4O/c1-7(11)4(9)2-3(8)5(10)6(7)12/h2,4,12H,1H3. The first-order chi connectivity index (χ1) is 5.37. The quantitative estimate of drug-likeness (QED) is 0.647. The summed E-state index contributed by atoms with van der Waals surface area (Å²) in [5.41, 5.74) is 0. The molecule has 0 bridgehead atoms. The zero-order chi connectivity index (χ0) is 9.52. The summed E-state index contributed by atoms with van der Waals surface area (Å²) in [5.74, 6) is -0.182. The fraction of sp³-hybridized carbons (Fsp3) is 0.429. The fourth-order valence-electron chi connectivity index (χ4n) is 0.816. The highest BCUT2D eigenvalue weighted by atomic mass is 35.5. The summed E-state index contributed by atoms with van der Waals surface area (Å²) in [7, 11) is 0. The third kappa shape index (κ3) is 1.56. The van der Waals surface area contributed by atoms with Gasteiger partial charge in [-0.05, 0) is 13.0 Å². The van der Waals surface area contributed by atoms with E-state index in [0.29, 0.717) is 0 Å². The molecule has 0 aromatic carbocycles. The van der Waals surface area contributed by atoms with Crippen molar-refractivity contribution in [2.24, 2.45) is 0 Å². The molecular weight excluding hydrogens is 242 g/mol. The second kappa shape index (κ2) is 3.30. The molecule has 2 atom stereocenters. The SMILES string of the molecule is CC1(Cl)C(O)=C(Cl)C(Cl)=CC1Cl. The van der Waals surface area contributed by atoms with Crippen LogP contribution in [0.2, 0.25) is 0 Å². The molecule has 2 unspecified atom stereocenters. The van der Waals surface area contributed by atoms with E-state index in [-0.39, 0.29) is 15.8 Å². The first-order valence-corrected chi connectivity index (χ1v) is 4.74. The van der Waals surface area contributed by atoms with E-state index < -0.39 is 10.3 Å². The van der Waals surface area contributed by atoms with Gasteiger partial charge in [-0.2, -0.15) is 0 Å². The molecule has 1 rings (SSSR count). The van der Waals surface area contributed by atoms with Gasteiger partial charge in [0.15, 0.2) is 0 Å². The van der Waals surface area contributed by atoms with Crippen LogP contribution in [0.5, 0.6) is 0 Å². The minimum absolute atomic E-state index is 0.0612. The number of rotatable bonds is 0. The van der Waals surface area contributed by atoms with E-state index in [2.05, 4.69) is 0 Å².